The smallest absolute Gasteiger partial charge is 0.314 e. The van der Waals surface area contributed by atoms with Crippen molar-refractivity contribution in [2.24, 2.45) is 0 Å². The Morgan fingerprint density at radius 1 is 1.38 bits per heavy atom. The van der Waals surface area contributed by atoms with E-state index in [0.29, 0.717) is 5.39 Å². The Hall–Kier alpha value is -1.85. The van der Waals surface area contributed by atoms with Gasteiger partial charge in [-0.3, -0.25) is 9.78 Å². The van der Waals surface area contributed by atoms with Gasteiger partial charge in [-0.05, 0) is 11.5 Å². The molecule has 0 saturated heterocycles. The number of nitrogens with one attached hydrogen (secondary N) is 1. The van der Waals surface area contributed by atoms with Crippen molar-refractivity contribution in [3.63, 3.8) is 0 Å². The first-order chi connectivity index (χ1) is 7.70. The maximum Gasteiger partial charge on any atom is 0.314 e. The molecule has 5 heteroatoms. The molecule has 0 radical (unpaired) electrons. The van der Waals surface area contributed by atoms with Gasteiger partial charge < -0.3 is 14.6 Å². The van der Waals surface area contributed by atoms with Gasteiger partial charge in [-0.1, -0.05) is 18.2 Å². The lowest BCUT2D eigenvalue weighted by molar-refractivity contribution is -0.201. The summed E-state index contributed by atoms with van der Waals surface area (Å²) in [6.07, 6.45) is 0. The standard InChI is InChI=1S/C11H11NO4/c1-15-11(14)16-9-6-7-4-2-3-5-8(7)10(13)12-9/h2-6,11,14H,1H3,(H,12,13). The highest BCUT2D eigenvalue weighted by molar-refractivity contribution is 5.82. The molecule has 0 aliphatic rings. The van der Waals surface area contributed by atoms with Crippen LogP contribution in [-0.2, 0) is 4.74 Å². The number of fused-ring (bicyclic) bond motifs is 1. The number of pyridine rings is 1. The van der Waals surface area contributed by atoms with E-state index >= 15 is 0 Å². The zero-order valence-electron chi connectivity index (χ0n) is 8.64. The third-order valence-corrected chi connectivity index (χ3v) is 2.16. The lowest BCUT2D eigenvalue weighted by atomic mass is 10.2. The summed E-state index contributed by atoms with van der Waals surface area (Å²) in [5.41, 5.74) is -0.267. The maximum atomic E-state index is 11.6. The number of hydrogen-bond acceptors (Lipinski definition) is 4. The fourth-order valence-corrected chi connectivity index (χ4v) is 1.41. The second kappa shape index (κ2) is 4.34. The molecule has 2 aromatic rings. The lowest BCUT2D eigenvalue weighted by Gasteiger charge is -2.10. The van der Waals surface area contributed by atoms with E-state index < -0.39 is 6.48 Å². The third-order valence-electron chi connectivity index (χ3n) is 2.16. The van der Waals surface area contributed by atoms with Crippen LogP contribution < -0.4 is 10.3 Å². The summed E-state index contributed by atoms with van der Waals surface area (Å²) < 4.78 is 9.45. The number of benzene rings is 1. The van der Waals surface area contributed by atoms with E-state index in [9.17, 15) is 4.79 Å². The summed E-state index contributed by atoms with van der Waals surface area (Å²) in [6, 6.07) is 8.72. The molecule has 2 rings (SSSR count). The average molecular weight is 221 g/mol. The summed E-state index contributed by atoms with van der Waals surface area (Å²) in [5, 5.41) is 10.4. The van der Waals surface area contributed by atoms with Crippen molar-refractivity contribution in [1.29, 1.82) is 0 Å². The number of rotatable bonds is 3. The van der Waals surface area contributed by atoms with Gasteiger partial charge in [-0.2, -0.15) is 0 Å². The Bertz CT molecular complexity index is 549. The van der Waals surface area contributed by atoms with Gasteiger partial charge in [0.15, 0.2) is 5.88 Å². The number of aliphatic hydroxyl groups is 1. The number of aliphatic hydroxyl groups excluding tert-OH is 1. The van der Waals surface area contributed by atoms with Crippen LogP contribution in [0.2, 0.25) is 0 Å². The molecule has 1 unspecified atom stereocenters. The fourth-order valence-electron chi connectivity index (χ4n) is 1.41. The first-order valence-electron chi connectivity index (χ1n) is 4.70. The minimum atomic E-state index is -1.39. The van der Waals surface area contributed by atoms with Gasteiger partial charge in [0, 0.05) is 18.6 Å². The molecular formula is C11H11NO4. The SMILES string of the molecule is COC(O)Oc1cc2ccccc2c(=O)[nH]1. The van der Waals surface area contributed by atoms with E-state index in [1.165, 1.54) is 7.11 Å². The van der Waals surface area contributed by atoms with Crippen LogP contribution in [0.4, 0.5) is 0 Å². The van der Waals surface area contributed by atoms with Gasteiger partial charge in [0.2, 0.25) is 0 Å². The molecule has 2 N–H and O–H groups in total. The molecule has 1 aromatic heterocycles. The first-order valence-corrected chi connectivity index (χ1v) is 4.70. The minimum Gasteiger partial charge on any atom is -0.426 e. The van der Waals surface area contributed by atoms with Crippen molar-refractivity contribution < 1.29 is 14.6 Å². The van der Waals surface area contributed by atoms with Crippen LogP contribution in [0, 0.1) is 0 Å². The van der Waals surface area contributed by atoms with Crippen molar-refractivity contribution in [2.75, 3.05) is 7.11 Å². The average Bonchev–Trinajstić information content (AvgIpc) is 2.29. The predicted molar refractivity (Wildman–Crippen MR) is 58.2 cm³/mol. The Kier molecular flexibility index (Phi) is 2.89. The normalized spacial score (nSPS) is 12.6. The molecule has 0 fully saturated rings. The first kappa shape index (κ1) is 10.7. The number of ether oxygens (including phenoxy) is 2. The van der Waals surface area contributed by atoms with Gasteiger partial charge >= 0.3 is 6.48 Å². The molecule has 1 aromatic carbocycles. The second-order valence-electron chi connectivity index (χ2n) is 3.21. The van der Waals surface area contributed by atoms with Crippen molar-refractivity contribution in [1.82, 2.24) is 4.98 Å². The van der Waals surface area contributed by atoms with Gasteiger partial charge in [0.05, 0.1) is 0 Å². The number of aromatic nitrogens is 1. The molecule has 84 valence electrons. The zero-order valence-corrected chi connectivity index (χ0v) is 8.64. The highest BCUT2D eigenvalue weighted by atomic mass is 16.8. The maximum absolute atomic E-state index is 11.6. The number of H-pyrrole nitrogens is 1. The molecule has 1 atom stereocenters. The monoisotopic (exact) mass is 221 g/mol. The predicted octanol–water partition coefficient (Wildman–Crippen LogP) is 0.829. The van der Waals surface area contributed by atoms with Gasteiger partial charge in [0.25, 0.3) is 5.56 Å². The van der Waals surface area contributed by atoms with Crippen molar-refractivity contribution in [3.8, 4) is 5.88 Å². The molecule has 5 nitrogen and oxygen atoms in total. The fraction of sp³-hybridized carbons (Fsp3) is 0.182. The van der Waals surface area contributed by atoms with Gasteiger partial charge in [-0.25, -0.2) is 0 Å². The summed E-state index contributed by atoms with van der Waals surface area (Å²) in [6.45, 7) is -1.39. The van der Waals surface area contributed by atoms with Crippen LogP contribution in [0.25, 0.3) is 10.8 Å². The molecule has 0 aliphatic heterocycles. The molecule has 0 bridgehead atoms. The van der Waals surface area contributed by atoms with Crippen molar-refractivity contribution in [2.45, 2.75) is 6.48 Å². The molecule has 0 saturated carbocycles. The summed E-state index contributed by atoms with van der Waals surface area (Å²) in [7, 11) is 1.30. The molecule has 16 heavy (non-hydrogen) atoms. The van der Waals surface area contributed by atoms with Crippen LogP contribution in [0.5, 0.6) is 5.88 Å². The van der Waals surface area contributed by atoms with Crippen LogP contribution >= 0.6 is 0 Å². The van der Waals surface area contributed by atoms with Crippen molar-refractivity contribution >= 4 is 10.8 Å². The Morgan fingerprint density at radius 3 is 2.88 bits per heavy atom. The van der Waals surface area contributed by atoms with Gasteiger partial charge in [-0.15, -0.1) is 0 Å². The lowest BCUT2D eigenvalue weighted by Crippen LogP contribution is -2.19. The molecule has 1 heterocycles. The Balaban J connectivity index is 2.46. The van der Waals surface area contributed by atoms with Gasteiger partial charge in [0.1, 0.15) is 0 Å². The molecule has 0 aliphatic carbocycles. The van der Waals surface area contributed by atoms with Crippen molar-refractivity contribution in [3.05, 3.63) is 40.7 Å². The van der Waals surface area contributed by atoms with E-state index in [2.05, 4.69) is 9.72 Å². The van der Waals surface area contributed by atoms with Crippen LogP contribution in [0.15, 0.2) is 35.1 Å². The van der Waals surface area contributed by atoms with E-state index in [0.717, 1.165) is 5.39 Å². The summed E-state index contributed by atoms with van der Waals surface area (Å²) in [5.74, 6) is 0.165. The number of hydrogen-bond donors (Lipinski definition) is 2. The van der Waals surface area contributed by atoms with E-state index in [-0.39, 0.29) is 11.4 Å². The Labute approximate surface area is 91.2 Å². The van der Waals surface area contributed by atoms with Crippen LogP contribution in [0.3, 0.4) is 0 Å². The quantitative estimate of drug-likeness (QED) is 0.753. The number of methoxy groups -OCH3 is 1. The highest BCUT2D eigenvalue weighted by Gasteiger charge is 2.06. The minimum absolute atomic E-state index is 0.165. The summed E-state index contributed by atoms with van der Waals surface area (Å²) in [4.78, 5) is 14.1. The van der Waals surface area contributed by atoms with E-state index in [4.69, 9.17) is 9.84 Å². The number of aromatic amines is 1. The second-order valence-corrected chi connectivity index (χ2v) is 3.21. The third kappa shape index (κ3) is 2.05. The zero-order chi connectivity index (χ0) is 11.5. The van der Waals surface area contributed by atoms with E-state index in [1.807, 2.05) is 6.07 Å². The van der Waals surface area contributed by atoms with Crippen LogP contribution in [-0.4, -0.2) is 23.7 Å². The summed E-state index contributed by atoms with van der Waals surface area (Å²) >= 11 is 0. The topological polar surface area (TPSA) is 71.5 Å². The molecule has 0 spiro atoms. The van der Waals surface area contributed by atoms with Crippen LogP contribution in [0.1, 0.15) is 0 Å². The molecular weight excluding hydrogens is 210 g/mol. The van der Waals surface area contributed by atoms with E-state index in [1.54, 1.807) is 24.3 Å². The Morgan fingerprint density at radius 2 is 2.12 bits per heavy atom. The highest BCUT2D eigenvalue weighted by Crippen LogP contribution is 2.14. The molecule has 0 amide bonds. The largest absolute Gasteiger partial charge is 0.426 e.